The fourth-order valence-corrected chi connectivity index (χ4v) is 2.76. The van der Waals surface area contributed by atoms with E-state index in [0.29, 0.717) is 5.56 Å². The number of aryl methyl sites for hydroxylation is 1. The molecule has 2 nitrogen and oxygen atoms in total. The smallest absolute Gasteiger partial charge is 0.114 e. The van der Waals surface area contributed by atoms with Crippen LogP contribution in [-0.2, 0) is 0 Å². The topological polar surface area (TPSA) is 36.9 Å². The standard InChI is InChI=1S/C12H8BrNOS/c1-8-12(4-5-15-8)16-10-3-2-9(7-14)11(13)6-10/h2-6H,1H3. The largest absolute Gasteiger partial charge is 0.468 e. The highest BCUT2D eigenvalue weighted by Crippen LogP contribution is 2.33. The van der Waals surface area contributed by atoms with Gasteiger partial charge in [-0.15, -0.1) is 0 Å². The lowest BCUT2D eigenvalue weighted by molar-refractivity contribution is 0.527. The van der Waals surface area contributed by atoms with Crippen LogP contribution < -0.4 is 0 Å². The third kappa shape index (κ3) is 2.31. The third-order valence-electron chi connectivity index (χ3n) is 2.10. The van der Waals surface area contributed by atoms with E-state index in [0.717, 1.165) is 20.0 Å². The first-order chi connectivity index (χ1) is 7.70. The normalized spacial score (nSPS) is 10.1. The molecule has 16 heavy (non-hydrogen) atoms. The summed E-state index contributed by atoms with van der Waals surface area (Å²) in [5.74, 6) is 0.908. The number of furan rings is 1. The minimum atomic E-state index is 0.647. The van der Waals surface area contributed by atoms with Crippen molar-refractivity contribution in [2.75, 3.05) is 0 Å². The van der Waals surface area contributed by atoms with E-state index in [1.54, 1.807) is 18.0 Å². The van der Waals surface area contributed by atoms with E-state index in [9.17, 15) is 0 Å². The molecule has 0 unspecified atom stereocenters. The Hall–Kier alpha value is -1.18. The van der Waals surface area contributed by atoms with Crippen molar-refractivity contribution >= 4 is 27.7 Å². The SMILES string of the molecule is Cc1occc1Sc1ccc(C#N)c(Br)c1. The number of rotatable bonds is 2. The van der Waals surface area contributed by atoms with Gasteiger partial charge in [0.25, 0.3) is 0 Å². The number of nitriles is 1. The second-order valence-electron chi connectivity index (χ2n) is 3.20. The van der Waals surface area contributed by atoms with Crippen LogP contribution in [-0.4, -0.2) is 0 Å². The molecule has 1 aromatic carbocycles. The van der Waals surface area contributed by atoms with E-state index in [1.165, 1.54) is 0 Å². The second kappa shape index (κ2) is 4.77. The van der Waals surface area contributed by atoms with E-state index in [1.807, 2.05) is 31.2 Å². The highest BCUT2D eigenvalue weighted by atomic mass is 79.9. The van der Waals surface area contributed by atoms with Gasteiger partial charge >= 0.3 is 0 Å². The minimum absolute atomic E-state index is 0.647. The summed E-state index contributed by atoms with van der Waals surface area (Å²) in [6.07, 6.45) is 1.68. The molecule has 0 saturated heterocycles. The Morgan fingerprint density at radius 2 is 2.19 bits per heavy atom. The van der Waals surface area contributed by atoms with E-state index in [-0.39, 0.29) is 0 Å². The van der Waals surface area contributed by atoms with E-state index in [2.05, 4.69) is 22.0 Å². The first-order valence-corrected chi connectivity index (χ1v) is 6.23. The molecular formula is C12H8BrNOS. The van der Waals surface area contributed by atoms with Crippen molar-refractivity contribution in [3.8, 4) is 6.07 Å². The predicted molar refractivity (Wildman–Crippen MR) is 66.4 cm³/mol. The third-order valence-corrected chi connectivity index (χ3v) is 3.89. The van der Waals surface area contributed by atoms with Crippen molar-refractivity contribution in [2.24, 2.45) is 0 Å². The van der Waals surface area contributed by atoms with Gasteiger partial charge in [0.2, 0.25) is 0 Å². The molecule has 0 amide bonds. The molecule has 4 heteroatoms. The lowest BCUT2D eigenvalue weighted by atomic mass is 10.2. The van der Waals surface area contributed by atoms with Gasteiger partial charge in [-0.25, -0.2) is 0 Å². The van der Waals surface area contributed by atoms with Crippen molar-refractivity contribution in [3.63, 3.8) is 0 Å². The molecule has 0 bridgehead atoms. The lowest BCUT2D eigenvalue weighted by Crippen LogP contribution is -1.79. The number of hydrogen-bond acceptors (Lipinski definition) is 3. The van der Waals surface area contributed by atoms with E-state index in [4.69, 9.17) is 9.68 Å². The molecule has 0 radical (unpaired) electrons. The molecule has 0 atom stereocenters. The fraction of sp³-hybridized carbons (Fsp3) is 0.0833. The molecule has 0 aliphatic heterocycles. The van der Waals surface area contributed by atoms with Crippen LogP contribution >= 0.6 is 27.7 Å². The van der Waals surface area contributed by atoms with Gasteiger partial charge in [0.15, 0.2) is 0 Å². The van der Waals surface area contributed by atoms with Gasteiger partial charge < -0.3 is 4.42 Å². The summed E-state index contributed by atoms with van der Waals surface area (Å²) in [7, 11) is 0. The molecule has 1 heterocycles. The van der Waals surface area contributed by atoms with Gasteiger partial charge in [0.1, 0.15) is 11.8 Å². The summed E-state index contributed by atoms with van der Waals surface area (Å²) >= 11 is 4.99. The monoisotopic (exact) mass is 293 g/mol. The van der Waals surface area contributed by atoms with Crippen LogP contribution in [0.15, 0.2) is 49.2 Å². The molecule has 2 rings (SSSR count). The Bertz CT molecular complexity index is 556. The Kier molecular flexibility index (Phi) is 3.37. The average Bonchev–Trinajstić information content (AvgIpc) is 2.65. The summed E-state index contributed by atoms with van der Waals surface area (Å²) in [4.78, 5) is 2.17. The second-order valence-corrected chi connectivity index (χ2v) is 5.17. The molecule has 80 valence electrons. The summed E-state index contributed by atoms with van der Waals surface area (Å²) in [5.41, 5.74) is 0.647. The van der Waals surface area contributed by atoms with Crippen molar-refractivity contribution < 1.29 is 4.42 Å². The zero-order valence-electron chi connectivity index (χ0n) is 8.53. The Morgan fingerprint density at radius 3 is 2.75 bits per heavy atom. The van der Waals surface area contributed by atoms with Gasteiger partial charge in [-0.2, -0.15) is 5.26 Å². The van der Waals surface area contributed by atoms with Gasteiger partial charge in [-0.05, 0) is 47.1 Å². The van der Waals surface area contributed by atoms with Gasteiger partial charge in [-0.1, -0.05) is 11.8 Å². The van der Waals surface area contributed by atoms with Crippen LogP contribution in [0.5, 0.6) is 0 Å². The Labute approximate surface area is 106 Å². The Morgan fingerprint density at radius 1 is 1.38 bits per heavy atom. The Balaban J connectivity index is 2.27. The van der Waals surface area contributed by atoms with Crippen molar-refractivity contribution in [3.05, 3.63) is 46.3 Å². The van der Waals surface area contributed by atoms with Crippen LogP contribution in [0, 0.1) is 18.3 Å². The highest BCUT2D eigenvalue weighted by molar-refractivity contribution is 9.10. The number of nitrogens with zero attached hydrogens (tertiary/aromatic N) is 1. The first-order valence-electron chi connectivity index (χ1n) is 4.62. The molecule has 0 aliphatic rings. The lowest BCUT2D eigenvalue weighted by Gasteiger charge is -2.01. The van der Waals surface area contributed by atoms with Crippen LogP contribution in [0.25, 0.3) is 0 Å². The molecule has 0 N–H and O–H groups in total. The molecule has 2 aromatic rings. The van der Waals surface area contributed by atoms with Crippen molar-refractivity contribution in [2.45, 2.75) is 16.7 Å². The van der Waals surface area contributed by atoms with Gasteiger partial charge in [0.05, 0.1) is 16.7 Å². The number of hydrogen-bond donors (Lipinski definition) is 0. The summed E-state index contributed by atoms with van der Waals surface area (Å²) in [5, 5.41) is 8.81. The molecule has 0 spiro atoms. The molecule has 0 fully saturated rings. The molecular weight excluding hydrogens is 286 g/mol. The predicted octanol–water partition coefficient (Wildman–Crippen LogP) is 4.37. The zero-order valence-corrected chi connectivity index (χ0v) is 10.9. The number of benzene rings is 1. The van der Waals surface area contributed by atoms with Crippen LogP contribution in [0.4, 0.5) is 0 Å². The van der Waals surface area contributed by atoms with Crippen molar-refractivity contribution in [1.29, 1.82) is 5.26 Å². The molecule has 0 saturated carbocycles. The zero-order chi connectivity index (χ0) is 11.5. The summed E-state index contributed by atoms with van der Waals surface area (Å²) < 4.78 is 6.05. The quantitative estimate of drug-likeness (QED) is 0.825. The van der Waals surface area contributed by atoms with Crippen LogP contribution in [0.3, 0.4) is 0 Å². The van der Waals surface area contributed by atoms with E-state index >= 15 is 0 Å². The van der Waals surface area contributed by atoms with E-state index < -0.39 is 0 Å². The maximum atomic E-state index is 8.81. The van der Waals surface area contributed by atoms with Gasteiger partial charge in [-0.3, -0.25) is 0 Å². The highest BCUT2D eigenvalue weighted by Gasteiger charge is 2.05. The minimum Gasteiger partial charge on any atom is -0.468 e. The fourth-order valence-electron chi connectivity index (χ4n) is 1.26. The van der Waals surface area contributed by atoms with Crippen LogP contribution in [0.2, 0.25) is 0 Å². The van der Waals surface area contributed by atoms with Crippen LogP contribution in [0.1, 0.15) is 11.3 Å². The maximum Gasteiger partial charge on any atom is 0.114 e. The molecule has 0 aliphatic carbocycles. The maximum absolute atomic E-state index is 8.81. The summed E-state index contributed by atoms with van der Waals surface area (Å²) in [6.45, 7) is 1.93. The first kappa shape index (κ1) is 11.3. The van der Waals surface area contributed by atoms with Gasteiger partial charge in [0, 0.05) is 9.37 Å². The molecule has 1 aromatic heterocycles. The summed E-state index contributed by atoms with van der Waals surface area (Å²) in [6, 6.07) is 9.73. The average molecular weight is 294 g/mol. The number of halogens is 1. The van der Waals surface area contributed by atoms with Crippen molar-refractivity contribution in [1.82, 2.24) is 0 Å².